The Morgan fingerprint density at radius 1 is 0.776 bits per heavy atom. The zero-order valence-corrected chi connectivity index (χ0v) is 30.8. The van der Waals surface area contributed by atoms with E-state index in [0.717, 1.165) is 93.2 Å². The summed E-state index contributed by atoms with van der Waals surface area (Å²) in [6.07, 6.45) is 6.10. The molecule has 8 nitrogen and oxygen atoms in total. The fourth-order valence-electron chi connectivity index (χ4n) is 6.15. The summed E-state index contributed by atoms with van der Waals surface area (Å²) in [6.45, 7) is 19.2. The second kappa shape index (κ2) is 18.7. The van der Waals surface area contributed by atoms with Gasteiger partial charge < -0.3 is 28.4 Å². The van der Waals surface area contributed by atoms with E-state index in [4.69, 9.17) is 47.1 Å². The summed E-state index contributed by atoms with van der Waals surface area (Å²) < 4.78 is 27.7. The molecule has 0 amide bonds. The molecule has 265 valence electrons. The number of aromatic nitrogens is 2. The van der Waals surface area contributed by atoms with Crippen molar-refractivity contribution in [2.75, 3.05) is 59.1 Å². The van der Waals surface area contributed by atoms with Crippen molar-refractivity contribution in [2.45, 2.75) is 65.8 Å². The molecule has 1 aliphatic heterocycles. The molecule has 0 saturated carbocycles. The monoisotopic (exact) mass is 709 g/mol. The lowest BCUT2D eigenvalue weighted by Gasteiger charge is -2.18. The van der Waals surface area contributed by atoms with Gasteiger partial charge in [0.1, 0.15) is 40.9 Å². The summed E-state index contributed by atoms with van der Waals surface area (Å²) in [5, 5.41) is 0.916. The topological polar surface area (TPSA) is 61.2 Å². The number of rotatable bonds is 20. The highest BCUT2D eigenvalue weighted by atomic mass is 35.5. The van der Waals surface area contributed by atoms with Gasteiger partial charge in [0.2, 0.25) is 0 Å². The highest BCUT2D eigenvalue weighted by Gasteiger charge is 2.22. The average molecular weight is 711 g/mol. The van der Waals surface area contributed by atoms with Crippen LogP contribution in [0.4, 0.5) is 0 Å². The van der Waals surface area contributed by atoms with Crippen LogP contribution < -0.4 is 18.9 Å². The molecule has 4 aromatic rings. The number of likely N-dealkylation sites (tertiary alicyclic amines) is 1. The van der Waals surface area contributed by atoms with E-state index in [2.05, 4.69) is 48.1 Å². The van der Waals surface area contributed by atoms with Crippen molar-refractivity contribution in [3.63, 3.8) is 0 Å². The van der Waals surface area contributed by atoms with Crippen LogP contribution >= 0.6 is 23.2 Å². The Balaban J connectivity index is 1.52. The molecule has 5 rings (SSSR count). The number of benzene rings is 3. The van der Waals surface area contributed by atoms with Crippen LogP contribution in [-0.4, -0.2) is 78.4 Å². The number of aryl methyl sites for hydroxylation is 1. The first-order valence-electron chi connectivity index (χ1n) is 17.9. The van der Waals surface area contributed by atoms with Gasteiger partial charge in [-0.05, 0) is 89.5 Å². The van der Waals surface area contributed by atoms with Crippen molar-refractivity contribution in [3.8, 4) is 40.1 Å². The van der Waals surface area contributed by atoms with Crippen LogP contribution in [0.2, 0.25) is 10.0 Å². The number of hydrogen-bond donors (Lipinski definition) is 0. The highest BCUT2D eigenvalue weighted by Crippen LogP contribution is 2.40. The van der Waals surface area contributed by atoms with Crippen molar-refractivity contribution < 1.29 is 18.9 Å². The Morgan fingerprint density at radius 3 is 2.24 bits per heavy atom. The molecule has 0 bridgehead atoms. The zero-order valence-electron chi connectivity index (χ0n) is 29.3. The molecule has 0 spiro atoms. The molecular weight excluding hydrogens is 659 g/mol. The van der Waals surface area contributed by atoms with Crippen LogP contribution in [0.15, 0.2) is 48.5 Å². The van der Waals surface area contributed by atoms with E-state index >= 15 is 0 Å². The number of fused-ring (bicyclic) bond motifs is 1. The Morgan fingerprint density at radius 2 is 1.51 bits per heavy atom. The van der Waals surface area contributed by atoms with Crippen molar-refractivity contribution >= 4 is 34.2 Å². The van der Waals surface area contributed by atoms with E-state index in [0.29, 0.717) is 59.3 Å². The molecule has 0 N–H and O–H groups in total. The molecule has 2 heterocycles. The van der Waals surface area contributed by atoms with Gasteiger partial charge in [0.05, 0.1) is 34.3 Å². The Hall–Kier alpha value is -3.17. The maximum atomic E-state index is 6.56. The lowest BCUT2D eigenvalue weighted by Crippen LogP contribution is -2.25. The first-order valence-corrected chi connectivity index (χ1v) is 18.6. The Labute approximate surface area is 302 Å². The number of halogens is 2. The van der Waals surface area contributed by atoms with E-state index in [9.17, 15) is 0 Å². The average Bonchev–Trinajstić information content (AvgIpc) is 3.76. The van der Waals surface area contributed by atoms with E-state index in [1.165, 1.54) is 12.8 Å². The molecule has 49 heavy (non-hydrogen) atoms. The van der Waals surface area contributed by atoms with Gasteiger partial charge in [0, 0.05) is 43.9 Å². The summed E-state index contributed by atoms with van der Waals surface area (Å²) in [6, 6.07) is 15.2. The molecule has 0 atom stereocenters. The molecule has 0 unspecified atom stereocenters. The molecule has 1 radical (unpaired) electrons. The lowest BCUT2D eigenvalue weighted by atomic mass is 10.1. The second-order valence-corrected chi connectivity index (χ2v) is 13.2. The lowest BCUT2D eigenvalue weighted by molar-refractivity contribution is 0.238. The predicted octanol–water partition coefficient (Wildman–Crippen LogP) is 9.79. The molecule has 1 fully saturated rings. The summed E-state index contributed by atoms with van der Waals surface area (Å²) in [5.41, 5.74) is 2.66. The van der Waals surface area contributed by atoms with E-state index in [1.54, 1.807) is 18.2 Å². The summed E-state index contributed by atoms with van der Waals surface area (Å²) in [7, 11) is 0. The van der Waals surface area contributed by atoms with Crippen molar-refractivity contribution in [3.05, 3.63) is 65.5 Å². The predicted molar refractivity (Wildman–Crippen MR) is 201 cm³/mol. The van der Waals surface area contributed by atoms with E-state index < -0.39 is 0 Å². The van der Waals surface area contributed by atoms with E-state index in [-0.39, 0.29) is 0 Å². The molecule has 10 heteroatoms. The van der Waals surface area contributed by atoms with Crippen LogP contribution in [0.5, 0.6) is 28.7 Å². The Kier molecular flexibility index (Phi) is 14.2. The number of imidazole rings is 1. The van der Waals surface area contributed by atoms with Crippen LogP contribution in [0.1, 0.15) is 59.3 Å². The number of unbranched alkanes of at least 4 members (excludes halogenated alkanes) is 1. The number of hydrogen-bond acceptors (Lipinski definition) is 7. The number of nitrogens with zero attached hydrogens (tertiary/aromatic N) is 4. The van der Waals surface area contributed by atoms with Gasteiger partial charge in [0.25, 0.3) is 0 Å². The first-order chi connectivity index (χ1) is 23.9. The maximum Gasteiger partial charge on any atom is 0.150 e. The largest absolute Gasteiger partial charge is 0.493 e. The quantitative estimate of drug-likeness (QED) is 0.0847. The minimum atomic E-state index is 0.437. The van der Waals surface area contributed by atoms with Crippen LogP contribution in [0, 0.1) is 6.92 Å². The third kappa shape index (κ3) is 9.97. The maximum absolute atomic E-state index is 6.56. The van der Waals surface area contributed by atoms with Gasteiger partial charge >= 0.3 is 0 Å². The first kappa shape index (κ1) is 37.1. The zero-order chi connectivity index (χ0) is 34.6. The molecular formula is C39H51Cl2N4O4. The highest BCUT2D eigenvalue weighted by molar-refractivity contribution is 6.42. The molecule has 3 aromatic carbocycles. The van der Waals surface area contributed by atoms with Crippen molar-refractivity contribution in [1.82, 2.24) is 19.4 Å². The standard InChI is InChI=1S/C39H51Cl2N4O4/c1-5-9-20-45-35-26-31(46-23-12-19-43(7-3)8-4)28-37(47-22-6-2)38(35)42-39(45)32-15-13-30(49-29-14-16-33(40)34(41)25-29)27-36(32)48-24-21-44-17-10-11-18-44/h13-16,25-28H,2,5-12,17-24H2,1,3-4H3. The molecule has 1 saturated heterocycles. The van der Waals surface area contributed by atoms with Gasteiger partial charge in [-0.3, -0.25) is 4.90 Å². The smallest absolute Gasteiger partial charge is 0.150 e. The van der Waals surface area contributed by atoms with Gasteiger partial charge in [-0.25, -0.2) is 4.98 Å². The molecule has 0 aliphatic carbocycles. The fourth-order valence-corrected chi connectivity index (χ4v) is 6.43. The Bertz CT molecular complexity index is 1640. The van der Waals surface area contributed by atoms with Gasteiger partial charge in [0.15, 0.2) is 5.75 Å². The summed E-state index contributed by atoms with van der Waals surface area (Å²) >= 11 is 12.4. The normalized spacial score (nSPS) is 13.4. The molecule has 1 aliphatic rings. The van der Waals surface area contributed by atoms with Gasteiger partial charge in [-0.1, -0.05) is 50.4 Å². The van der Waals surface area contributed by atoms with Gasteiger partial charge in [-0.2, -0.15) is 0 Å². The third-order valence-electron chi connectivity index (χ3n) is 8.90. The van der Waals surface area contributed by atoms with Crippen molar-refractivity contribution in [1.29, 1.82) is 0 Å². The number of ether oxygens (including phenoxy) is 4. The molecule has 1 aromatic heterocycles. The summed E-state index contributed by atoms with van der Waals surface area (Å²) in [4.78, 5) is 10.1. The minimum Gasteiger partial charge on any atom is -0.493 e. The minimum absolute atomic E-state index is 0.437. The SMILES string of the molecule is [CH2]CCOc1cc(OCCCN(CC)CC)cc2c1nc(-c1ccc(Oc3ccc(Cl)c(Cl)c3)cc1OCCN1CCCC1)n2CCCC. The third-order valence-corrected chi connectivity index (χ3v) is 9.64. The van der Waals surface area contributed by atoms with E-state index in [1.807, 2.05) is 24.3 Å². The summed E-state index contributed by atoms with van der Waals surface area (Å²) in [5.74, 6) is 4.23. The van der Waals surface area contributed by atoms with Crippen LogP contribution in [0.25, 0.3) is 22.4 Å². The van der Waals surface area contributed by atoms with Crippen molar-refractivity contribution in [2.24, 2.45) is 0 Å². The van der Waals surface area contributed by atoms with Crippen LogP contribution in [-0.2, 0) is 6.54 Å². The second-order valence-electron chi connectivity index (χ2n) is 12.4. The fraction of sp³-hybridized carbons (Fsp3) is 0.487. The van der Waals surface area contributed by atoms with Crippen LogP contribution in [0.3, 0.4) is 0 Å². The van der Waals surface area contributed by atoms with Gasteiger partial charge in [-0.15, -0.1) is 0 Å².